The summed E-state index contributed by atoms with van der Waals surface area (Å²) in [4.78, 5) is 12.0. The van der Waals surface area contributed by atoms with Gasteiger partial charge in [0.15, 0.2) is 8.68 Å². The van der Waals surface area contributed by atoms with Gasteiger partial charge in [0.2, 0.25) is 5.91 Å². The largest absolute Gasteiger partial charge is 0.325 e. The molecule has 1 amide bonds. The van der Waals surface area contributed by atoms with E-state index in [1.165, 1.54) is 23.1 Å². The van der Waals surface area contributed by atoms with E-state index in [4.69, 9.17) is 0 Å². The minimum atomic E-state index is -0.206. The topological polar surface area (TPSA) is 54.9 Å². The van der Waals surface area contributed by atoms with Gasteiger partial charge in [-0.1, -0.05) is 53.1 Å². The van der Waals surface area contributed by atoms with Gasteiger partial charge < -0.3 is 5.32 Å². The molecule has 0 radical (unpaired) electrons. The molecule has 0 aliphatic rings. The van der Waals surface area contributed by atoms with Gasteiger partial charge in [-0.25, -0.2) is 0 Å². The molecule has 1 atom stereocenters. The van der Waals surface area contributed by atoms with Crippen molar-refractivity contribution in [3.63, 3.8) is 0 Å². The minimum Gasteiger partial charge on any atom is -0.325 e. The van der Waals surface area contributed by atoms with E-state index in [1.54, 1.807) is 11.8 Å². The van der Waals surface area contributed by atoms with Crippen LogP contribution in [0.1, 0.15) is 6.92 Å². The summed E-state index contributed by atoms with van der Waals surface area (Å²) in [5.74, 6) is -0.0305. The fraction of sp³-hybridized carbons (Fsp3) is 0.250. The van der Waals surface area contributed by atoms with Crippen LogP contribution < -0.4 is 5.32 Å². The molecular weight excluding hydrogens is 298 g/mol. The molecule has 19 heavy (non-hydrogen) atoms. The Balaban J connectivity index is 1.92. The number of nitrogens with zero attached hydrogens (tertiary/aromatic N) is 2. The second kappa shape index (κ2) is 6.93. The molecule has 0 aliphatic heterocycles. The maximum Gasteiger partial charge on any atom is 0.237 e. The molecule has 0 fully saturated rings. The Morgan fingerprint density at radius 2 is 1.95 bits per heavy atom. The van der Waals surface area contributed by atoms with Crippen LogP contribution in [0.15, 0.2) is 39.0 Å². The first kappa shape index (κ1) is 14.4. The fourth-order valence-corrected chi connectivity index (χ4v) is 3.88. The quantitative estimate of drug-likeness (QED) is 0.858. The molecule has 1 aromatic heterocycles. The van der Waals surface area contributed by atoms with E-state index in [2.05, 4.69) is 15.5 Å². The molecule has 0 bridgehead atoms. The molecule has 0 unspecified atom stereocenters. The highest BCUT2D eigenvalue weighted by molar-refractivity contribution is 8.03. The van der Waals surface area contributed by atoms with E-state index >= 15 is 0 Å². The van der Waals surface area contributed by atoms with Crippen LogP contribution >= 0.6 is 34.9 Å². The summed E-state index contributed by atoms with van der Waals surface area (Å²) in [7, 11) is 0. The van der Waals surface area contributed by atoms with Gasteiger partial charge in [-0.15, -0.1) is 10.2 Å². The highest BCUT2D eigenvalue weighted by Gasteiger charge is 2.17. The first-order valence-electron chi connectivity index (χ1n) is 5.59. The number of carbonyl (C=O) groups is 1. The van der Waals surface area contributed by atoms with Crippen molar-refractivity contribution in [3.8, 4) is 0 Å². The lowest BCUT2D eigenvalue weighted by Gasteiger charge is -2.09. The summed E-state index contributed by atoms with van der Waals surface area (Å²) in [6, 6.07) is 9.43. The average molecular weight is 311 g/mol. The molecule has 0 saturated carbocycles. The van der Waals surface area contributed by atoms with E-state index in [-0.39, 0.29) is 11.2 Å². The molecule has 0 saturated heterocycles. The smallest absolute Gasteiger partial charge is 0.237 e. The third-order valence-corrected chi connectivity index (χ3v) is 5.33. The van der Waals surface area contributed by atoms with E-state index in [9.17, 15) is 4.79 Å². The van der Waals surface area contributed by atoms with Gasteiger partial charge in [0, 0.05) is 5.69 Å². The predicted octanol–water partition coefficient (Wildman–Crippen LogP) is 3.38. The average Bonchev–Trinajstić information content (AvgIpc) is 2.87. The van der Waals surface area contributed by atoms with Crippen molar-refractivity contribution >= 4 is 46.5 Å². The summed E-state index contributed by atoms with van der Waals surface area (Å²) in [6.45, 7) is 1.86. The summed E-state index contributed by atoms with van der Waals surface area (Å²) in [6.07, 6.45) is 1.96. The lowest BCUT2D eigenvalue weighted by Crippen LogP contribution is -2.22. The maximum atomic E-state index is 12.0. The van der Waals surface area contributed by atoms with E-state index in [0.29, 0.717) is 0 Å². The number of thioether (sulfide) groups is 2. The minimum absolute atomic E-state index is 0.0305. The third kappa shape index (κ3) is 4.22. The summed E-state index contributed by atoms with van der Waals surface area (Å²) in [5, 5.41) is 10.7. The monoisotopic (exact) mass is 311 g/mol. The molecule has 100 valence electrons. The number of para-hydroxylation sites is 1. The van der Waals surface area contributed by atoms with E-state index in [0.717, 1.165) is 14.4 Å². The van der Waals surface area contributed by atoms with Gasteiger partial charge >= 0.3 is 0 Å². The van der Waals surface area contributed by atoms with Gasteiger partial charge in [0.05, 0.1) is 5.25 Å². The van der Waals surface area contributed by atoms with Crippen LogP contribution in [-0.4, -0.2) is 27.6 Å². The number of hydrogen-bond acceptors (Lipinski definition) is 6. The maximum absolute atomic E-state index is 12.0. The van der Waals surface area contributed by atoms with Crippen molar-refractivity contribution in [1.29, 1.82) is 0 Å². The first-order chi connectivity index (χ1) is 9.19. The van der Waals surface area contributed by atoms with Crippen molar-refractivity contribution in [2.75, 3.05) is 11.6 Å². The van der Waals surface area contributed by atoms with E-state index < -0.39 is 0 Å². The van der Waals surface area contributed by atoms with Crippen molar-refractivity contribution in [2.24, 2.45) is 0 Å². The molecule has 2 rings (SSSR count). The zero-order valence-corrected chi connectivity index (χ0v) is 12.9. The third-order valence-electron chi connectivity index (χ3n) is 2.25. The lowest BCUT2D eigenvalue weighted by molar-refractivity contribution is -0.115. The summed E-state index contributed by atoms with van der Waals surface area (Å²) >= 11 is 4.49. The van der Waals surface area contributed by atoms with Crippen molar-refractivity contribution in [3.05, 3.63) is 30.3 Å². The van der Waals surface area contributed by atoms with Crippen LogP contribution in [0, 0.1) is 0 Å². The number of amides is 1. The Morgan fingerprint density at radius 1 is 1.26 bits per heavy atom. The van der Waals surface area contributed by atoms with Crippen LogP contribution in [0.5, 0.6) is 0 Å². The van der Waals surface area contributed by atoms with Gasteiger partial charge in [-0.3, -0.25) is 4.79 Å². The second-order valence-electron chi connectivity index (χ2n) is 3.65. The van der Waals surface area contributed by atoms with Crippen LogP contribution in [0.25, 0.3) is 0 Å². The van der Waals surface area contributed by atoms with Gasteiger partial charge in [0.25, 0.3) is 0 Å². The van der Waals surface area contributed by atoms with E-state index in [1.807, 2.05) is 43.5 Å². The number of anilines is 1. The SMILES string of the molecule is CSc1nnc(S[C@@H](C)C(=O)Nc2ccccc2)s1. The zero-order valence-electron chi connectivity index (χ0n) is 10.5. The molecule has 1 N–H and O–H groups in total. The standard InChI is InChI=1S/C12H13N3OS3/c1-8(18-12-15-14-11(17-2)19-12)10(16)13-9-6-4-3-5-7-9/h3-8H,1-2H3,(H,13,16)/t8-/m0/s1. The van der Waals surface area contributed by atoms with Gasteiger partial charge in [0.1, 0.15) is 0 Å². The van der Waals surface area contributed by atoms with Crippen LogP contribution in [0.2, 0.25) is 0 Å². The molecule has 1 heterocycles. The molecule has 0 spiro atoms. The number of rotatable bonds is 5. The Labute approximate surface area is 124 Å². The Morgan fingerprint density at radius 3 is 2.58 bits per heavy atom. The highest BCUT2D eigenvalue weighted by Crippen LogP contribution is 2.30. The number of nitrogens with one attached hydrogen (secondary N) is 1. The molecule has 0 aliphatic carbocycles. The summed E-state index contributed by atoms with van der Waals surface area (Å²) < 4.78 is 1.73. The first-order valence-corrected chi connectivity index (χ1v) is 8.51. The molecule has 7 heteroatoms. The molecule has 1 aromatic carbocycles. The van der Waals surface area contributed by atoms with Gasteiger partial charge in [-0.2, -0.15) is 0 Å². The number of hydrogen-bond donors (Lipinski definition) is 1. The lowest BCUT2D eigenvalue weighted by atomic mass is 10.3. The van der Waals surface area contributed by atoms with Crippen LogP contribution in [0.3, 0.4) is 0 Å². The molecule has 2 aromatic rings. The van der Waals surface area contributed by atoms with Crippen molar-refractivity contribution < 1.29 is 4.79 Å². The molecule has 4 nitrogen and oxygen atoms in total. The van der Waals surface area contributed by atoms with Gasteiger partial charge in [-0.05, 0) is 25.3 Å². The number of carbonyl (C=O) groups excluding carboxylic acids is 1. The fourth-order valence-electron chi connectivity index (χ4n) is 1.30. The Hall–Kier alpha value is -1.05. The van der Waals surface area contributed by atoms with Crippen molar-refractivity contribution in [1.82, 2.24) is 10.2 Å². The van der Waals surface area contributed by atoms with Crippen molar-refractivity contribution in [2.45, 2.75) is 20.9 Å². The predicted molar refractivity (Wildman–Crippen MR) is 82.1 cm³/mol. The Bertz CT molecular complexity index is 544. The highest BCUT2D eigenvalue weighted by atomic mass is 32.2. The van der Waals surface area contributed by atoms with Crippen LogP contribution in [0.4, 0.5) is 5.69 Å². The zero-order chi connectivity index (χ0) is 13.7. The summed E-state index contributed by atoms with van der Waals surface area (Å²) in [5.41, 5.74) is 0.807. The number of benzene rings is 1. The number of aromatic nitrogens is 2. The molecular formula is C12H13N3OS3. The second-order valence-corrected chi connectivity index (χ2v) is 7.27. The normalized spacial score (nSPS) is 12.1. The van der Waals surface area contributed by atoms with Crippen LogP contribution in [-0.2, 0) is 4.79 Å². The Kier molecular flexibility index (Phi) is 5.24.